The van der Waals surface area contributed by atoms with E-state index in [1.807, 2.05) is 0 Å². The number of nitrogens with two attached hydrogens (primary N) is 1. The van der Waals surface area contributed by atoms with Gasteiger partial charge in [0, 0.05) is 6.04 Å². The summed E-state index contributed by atoms with van der Waals surface area (Å²) in [6.45, 7) is 8.79. The van der Waals surface area contributed by atoms with E-state index in [4.69, 9.17) is 5.84 Å². The Morgan fingerprint density at radius 2 is 1.59 bits per heavy atom. The molecule has 0 aliphatic carbocycles. The maximum absolute atomic E-state index is 5.71. The summed E-state index contributed by atoms with van der Waals surface area (Å²) in [5.41, 5.74) is 6.91. The van der Waals surface area contributed by atoms with Gasteiger partial charge in [-0.05, 0) is 31.7 Å². The molecule has 0 aliphatic rings. The van der Waals surface area contributed by atoms with Crippen LogP contribution < -0.4 is 11.3 Å². The Kier molecular flexibility index (Phi) is 5.66. The summed E-state index contributed by atoms with van der Waals surface area (Å²) < 4.78 is 0. The lowest BCUT2D eigenvalue weighted by atomic mass is 9.90. The van der Waals surface area contributed by atoms with Crippen molar-refractivity contribution >= 4 is 0 Å². The predicted octanol–water partition coefficient (Wildman–Crippen LogP) is 3.63. The number of benzene rings is 1. The Balaban J connectivity index is 2.85. The summed E-state index contributed by atoms with van der Waals surface area (Å²) in [5.74, 6) is 6.46. The molecule has 0 saturated carbocycles. The maximum atomic E-state index is 5.71. The molecule has 0 heterocycles. The largest absolute Gasteiger partial charge is 0.271 e. The molecule has 1 atom stereocenters. The van der Waals surface area contributed by atoms with Gasteiger partial charge in [0.05, 0.1) is 0 Å². The van der Waals surface area contributed by atoms with E-state index >= 15 is 0 Å². The molecule has 1 aromatic rings. The lowest BCUT2D eigenvalue weighted by Gasteiger charge is -2.22. The topological polar surface area (TPSA) is 38.0 Å². The Morgan fingerprint density at radius 1 is 1.06 bits per heavy atom. The third-order valence-electron chi connectivity index (χ3n) is 3.57. The minimum Gasteiger partial charge on any atom is -0.271 e. The number of hydrazine groups is 1. The molecule has 2 nitrogen and oxygen atoms in total. The monoisotopic (exact) mass is 234 g/mol. The third-order valence-corrected chi connectivity index (χ3v) is 3.57. The molecule has 17 heavy (non-hydrogen) atoms. The Morgan fingerprint density at radius 3 is 2.00 bits per heavy atom. The summed E-state index contributed by atoms with van der Waals surface area (Å²) in [7, 11) is 0. The standard InChI is InChI=1S/C15H26N2/c1-5-13(6-2)10-15(17-16)14-8-11(3)7-12(4)9-14/h7-9,13,15,17H,5-6,10,16H2,1-4H3. The highest BCUT2D eigenvalue weighted by Gasteiger charge is 2.15. The number of hydrogen-bond acceptors (Lipinski definition) is 2. The average molecular weight is 234 g/mol. The summed E-state index contributed by atoms with van der Waals surface area (Å²) >= 11 is 0. The van der Waals surface area contributed by atoms with Gasteiger partial charge in [-0.3, -0.25) is 11.3 Å². The van der Waals surface area contributed by atoms with Gasteiger partial charge in [-0.15, -0.1) is 0 Å². The van der Waals surface area contributed by atoms with Crippen molar-refractivity contribution < 1.29 is 0 Å². The third kappa shape index (κ3) is 4.14. The van der Waals surface area contributed by atoms with E-state index < -0.39 is 0 Å². The summed E-state index contributed by atoms with van der Waals surface area (Å²) in [6.07, 6.45) is 3.56. The number of aryl methyl sites for hydroxylation is 2. The minimum absolute atomic E-state index is 0.276. The Bertz CT molecular complexity index is 323. The van der Waals surface area contributed by atoms with Crippen molar-refractivity contribution in [2.75, 3.05) is 0 Å². The van der Waals surface area contributed by atoms with E-state index in [9.17, 15) is 0 Å². The minimum atomic E-state index is 0.276. The van der Waals surface area contributed by atoms with E-state index in [1.165, 1.54) is 29.5 Å². The van der Waals surface area contributed by atoms with Gasteiger partial charge >= 0.3 is 0 Å². The molecule has 96 valence electrons. The molecule has 3 N–H and O–H groups in total. The molecular weight excluding hydrogens is 208 g/mol. The van der Waals surface area contributed by atoms with E-state index in [0.717, 1.165) is 12.3 Å². The second-order valence-corrected chi connectivity index (χ2v) is 5.06. The molecule has 0 spiro atoms. The number of hydrogen-bond donors (Lipinski definition) is 2. The van der Waals surface area contributed by atoms with Gasteiger partial charge in [0.15, 0.2) is 0 Å². The van der Waals surface area contributed by atoms with Gasteiger partial charge in [-0.2, -0.15) is 0 Å². The van der Waals surface area contributed by atoms with Crippen LogP contribution in [0.15, 0.2) is 18.2 Å². The van der Waals surface area contributed by atoms with Crippen LogP contribution in [-0.4, -0.2) is 0 Å². The molecular formula is C15H26N2. The van der Waals surface area contributed by atoms with Gasteiger partial charge in [0.1, 0.15) is 0 Å². The highest BCUT2D eigenvalue weighted by atomic mass is 15.2. The van der Waals surface area contributed by atoms with Crippen molar-refractivity contribution in [2.45, 2.75) is 53.0 Å². The van der Waals surface area contributed by atoms with Crippen LogP contribution in [-0.2, 0) is 0 Å². The molecule has 0 saturated heterocycles. The lowest BCUT2D eigenvalue weighted by molar-refractivity contribution is 0.375. The highest BCUT2D eigenvalue weighted by Crippen LogP contribution is 2.26. The lowest BCUT2D eigenvalue weighted by Crippen LogP contribution is -2.29. The van der Waals surface area contributed by atoms with Crippen LogP contribution >= 0.6 is 0 Å². The molecule has 0 bridgehead atoms. The van der Waals surface area contributed by atoms with Crippen LogP contribution in [0.2, 0.25) is 0 Å². The van der Waals surface area contributed by atoms with Crippen LogP contribution in [0.25, 0.3) is 0 Å². The van der Waals surface area contributed by atoms with Gasteiger partial charge in [0.2, 0.25) is 0 Å². The molecule has 1 aromatic carbocycles. The zero-order valence-corrected chi connectivity index (χ0v) is 11.6. The number of nitrogens with one attached hydrogen (secondary N) is 1. The van der Waals surface area contributed by atoms with Crippen molar-refractivity contribution in [2.24, 2.45) is 11.8 Å². The maximum Gasteiger partial charge on any atom is 0.0462 e. The predicted molar refractivity (Wildman–Crippen MR) is 74.7 cm³/mol. The van der Waals surface area contributed by atoms with Gasteiger partial charge < -0.3 is 0 Å². The number of rotatable bonds is 6. The van der Waals surface area contributed by atoms with Crippen LogP contribution in [0.3, 0.4) is 0 Å². The fourth-order valence-electron chi connectivity index (χ4n) is 2.47. The Hall–Kier alpha value is -0.860. The van der Waals surface area contributed by atoms with Gasteiger partial charge in [0.25, 0.3) is 0 Å². The average Bonchev–Trinajstić information content (AvgIpc) is 2.29. The zero-order chi connectivity index (χ0) is 12.8. The van der Waals surface area contributed by atoms with Crippen molar-refractivity contribution in [3.63, 3.8) is 0 Å². The molecule has 0 aliphatic heterocycles. The van der Waals surface area contributed by atoms with E-state index in [2.05, 4.69) is 51.3 Å². The van der Waals surface area contributed by atoms with Crippen molar-refractivity contribution in [3.05, 3.63) is 34.9 Å². The molecule has 0 radical (unpaired) electrons. The van der Waals surface area contributed by atoms with Crippen molar-refractivity contribution in [1.82, 2.24) is 5.43 Å². The van der Waals surface area contributed by atoms with Crippen molar-refractivity contribution in [1.29, 1.82) is 0 Å². The first-order chi connectivity index (χ1) is 8.10. The van der Waals surface area contributed by atoms with E-state index in [1.54, 1.807) is 0 Å². The van der Waals surface area contributed by atoms with Crippen molar-refractivity contribution in [3.8, 4) is 0 Å². The van der Waals surface area contributed by atoms with E-state index in [-0.39, 0.29) is 6.04 Å². The fourth-order valence-corrected chi connectivity index (χ4v) is 2.47. The Labute approximate surface area is 106 Å². The first-order valence-electron chi connectivity index (χ1n) is 6.65. The quantitative estimate of drug-likeness (QED) is 0.582. The van der Waals surface area contributed by atoms with Crippen LogP contribution in [0, 0.1) is 19.8 Å². The molecule has 1 rings (SSSR count). The molecule has 0 aromatic heterocycles. The fraction of sp³-hybridized carbons (Fsp3) is 0.600. The smallest absolute Gasteiger partial charge is 0.0462 e. The second-order valence-electron chi connectivity index (χ2n) is 5.06. The summed E-state index contributed by atoms with van der Waals surface area (Å²) in [5, 5.41) is 0. The first-order valence-corrected chi connectivity index (χ1v) is 6.65. The molecule has 2 heteroatoms. The van der Waals surface area contributed by atoms with Gasteiger partial charge in [-0.25, -0.2) is 0 Å². The van der Waals surface area contributed by atoms with E-state index in [0.29, 0.717) is 0 Å². The highest BCUT2D eigenvalue weighted by molar-refractivity contribution is 5.30. The summed E-state index contributed by atoms with van der Waals surface area (Å²) in [4.78, 5) is 0. The van der Waals surface area contributed by atoms with Crippen LogP contribution in [0.4, 0.5) is 0 Å². The molecule has 0 amide bonds. The summed E-state index contributed by atoms with van der Waals surface area (Å²) in [6, 6.07) is 6.95. The molecule has 0 fully saturated rings. The normalized spacial score (nSPS) is 13.1. The van der Waals surface area contributed by atoms with Gasteiger partial charge in [-0.1, -0.05) is 56.0 Å². The van der Waals surface area contributed by atoms with Crippen LogP contribution in [0.1, 0.15) is 55.8 Å². The SMILES string of the molecule is CCC(CC)CC(NN)c1cc(C)cc(C)c1. The first kappa shape index (κ1) is 14.2. The zero-order valence-electron chi connectivity index (χ0n) is 11.6. The van der Waals surface area contributed by atoms with Crippen LogP contribution in [0.5, 0.6) is 0 Å². The molecule has 1 unspecified atom stereocenters. The second kappa shape index (κ2) is 6.77.